The Morgan fingerprint density at radius 1 is 1.73 bits per heavy atom. The van der Waals surface area contributed by atoms with E-state index in [0.717, 1.165) is 6.42 Å². The summed E-state index contributed by atoms with van der Waals surface area (Å²) in [6.07, 6.45) is 1.69. The fraction of sp³-hybridized carbons (Fsp3) is 0.625. The molecule has 0 spiro atoms. The molecule has 0 heterocycles. The summed E-state index contributed by atoms with van der Waals surface area (Å²) < 4.78 is 0. The van der Waals surface area contributed by atoms with Gasteiger partial charge in [-0.3, -0.25) is 4.79 Å². The second-order valence-corrected chi connectivity index (χ2v) is 3.12. The van der Waals surface area contributed by atoms with Crippen molar-refractivity contribution in [2.45, 2.75) is 26.2 Å². The van der Waals surface area contributed by atoms with Gasteiger partial charge in [0, 0.05) is 11.5 Å². The minimum Gasteiger partial charge on any atom is -0.481 e. The number of rotatable bonds is 5. The van der Waals surface area contributed by atoms with Gasteiger partial charge in [-0.25, -0.2) is 0 Å². The molecule has 1 unspecified atom stereocenters. The summed E-state index contributed by atoms with van der Waals surface area (Å²) in [4.78, 5) is 10.1. The van der Waals surface area contributed by atoms with Crippen molar-refractivity contribution in [3.05, 3.63) is 11.6 Å². The van der Waals surface area contributed by atoms with E-state index in [-0.39, 0.29) is 12.3 Å². The second-order valence-electron chi connectivity index (χ2n) is 2.63. The molecule has 3 heteroatoms. The van der Waals surface area contributed by atoms with Crippen molar-refractivity contribution >= 4 is 17.6 Å². The first kappa shape index (κ1) is 10.5. The molecule has 0 aliphatic heterocycles. The number of allylic oxidation sites excluding steroid dienone is 1. The van der Waals surface area contributed by atoms with Gasteiger partial charge in [-0.1, -0.05) is 25.1 Å². The van der Waals surface area contributed by atoms with Gasteiger partial charge in [-0.05, 0) is 18.8 Å². The lowest BCUT2D eigenvalue weighted by Crippen LogP contribution is -1.98. The van der Waals surface area contributed by atoms with Gasteiger partial charge in [0.25, 0.3) is 0 Å². The third-order valence-electron chi connectivity index (χ3n) is 1.56. The Bertz CT molecular complexity index is 154. The fourth-order valence-corrected chi connectivity index (χ4v) is 0.825. The van der Waals surface area contributed by atoms with Crippen LogP contribution in [0.2, 0.25) is 0 Å². The average Bonchev–Trinajstić information content (AvgIpc) is 1.86. The highest BCUT2D eigenvalue weighted by Crippen LogP contribution is 2.18. The first-order chi connectivity index (χ1) is 5.04. The molecule has 0 aromatic rings. The highest BCUT2D eigenvalue weighted by molar-refractivity contribution is 6.29. The lowest BCUT2D eigenvalue weighted by Gasteiger charge is -2.06. The van der Waals surface area contributed by atoms with E-state index >= 15 is 0 Å². The highest BCUT2D eigenvalue weighted by Gasteiger charge is 2.04. The van der Waals surface area contributed by atoms with Crippen molar-refractivity contribution in [1.29, 1.82) is 0 Å². The molecule has 64 valence electrons. The molecule has 0 aromatic carbocycles. The molecule has 0 radical (unpaired) electrons. The van der Waals surface area contributed by atoms with Gasteiger partial charge in [0.15, 0.2) is 0 Å². The molecule has 0 aliphatic carbocycles. The summed E-state index contributed by atoms with van der Waals surface area (Å²) in [7, 11) is 0. The van der Waals surface area contributed by atoms with Crippen LogP contribution in [0.4, 0.5) is 0 Å². The van der Waals surface area contributed by atoms with Gasteiger partial charge in [-0.15, -0.1) is 0 Å². The molecule has 0 fully saturated rings. The maximum Gasteiger partial charge on any atom is 0.303 e. The Balaban J connectivity index is 3.39. The first-order valence-electron chi connectivity index (χ1n) is 3.60. The van der Waals surface area contributed by atoms with Crippen molar-refractivity contribution in [3.8, 4) is 0 Å². The zero-order valence-corrected chi connectivity index (χ0v) is 7.40. The van der Waals surface area contributed by atoms with Crippen LogP contribution in [0, 0.1) is 5.92 Å². The molecule has 0 aliphatic rings. The van der Waals surface area contributed by atoms with Crippen LogP contribution < -0.4 is 0 Å². The van der Waals surface area contributed by atoms with E-state index < -0.39 is 5.97 Å². The van der Waals surface area contributed by atoms with E-state index in [9.17, 15) is 4.79 Å². The van der Waals surface area contributed by atoms with Crippen molar-refractivity contribution < 1.29 is 9.90 Å². The first-order valence-corrected chi connectivity index (χ1v) is 3.98. The van der Waals surface area contributed by atoms with Gasteiger partial charge >= 0.3 is 5.97 Å². The quantitative estimate of drug-likeness (QED) is 0.699. The number of hydrogen-bond acceptors (Lipinski definition) is 1. The molecule has 11 heavy (non-hydrogen) atoms. The van der Waals surface area contributed by atoms with Gasteiger partial charge in [-0.2, -0.15) is 0 Å². The van der Waals surface area contributed by atoms with Crippen LogP contribution in [0.3, 0.4) is 0 Å². The van der Waals surface area contributed by atoms with Crippen LogP contribution in [0.25, 0.3) is 0 Å². The van der Waals surface area contributed by atoms with Gasteiger partial charge in [0.1, 0.15) is 0 Å². The normalized spacial score (nSPS) is 12.5. The molecule has 0 rings (SSSR count). The summed E-state index contributed by atoms with van der Waals surface area (Å²) in [5, 5.41) is 8.92. The van der Waals surface area contributed by atoms with E-state index in [1.807, 2.05) is 6.92 Å². The van der Waals surface area contributed by atoms with E-state index in [1.165, 1.54) is 0 Å². The standard InChI is InChI=1S/C8H13ClO2/c1-6(7(2)9)4-3-5-8(10)11/h6H,2-5H2,1H3,(H,10,11). The third-order valence-corrected chi connectivity index (χ3v) is 1.94. The average molecular weight is 177 g/mol. The Hall–Kier alpha value is -0.500. The van der Waals surface area contributed by atoms with E-state index in [0.29, 0.717) is 11.5 Å². The topological polar surface area (TPSA) is 37.3 Å². The minimum absolute atomic E-state index is 0.217. The van der Waals surface area contributed by atoms with Crippen LogP contribution in [0.1, 0.15) is 26.2 Å². The third kappa shape index (κ3) is 5.92. The predicted molar refractivity (Wildman–Crippen MR) is 45.6 cm³/mol. The SMILES string of the molecule is C=C(Cl)C(C)CCCC(=O)O. The summed E-state index contributed by atoms with van der Waals surface area (Å²) >= 11 is 5.60. The van der Waals surface area contributed by atoms with Gasteiger partial charge in [0.05, 0.1) is 0 Å². The van der Waals surface area contributed by atoms with Crippen LogP contribution in [-0.2, 0) is 4.79 Å². The number of carbonyl (C=O) groups is 1. The Morgan fingerprint density at radius 2 is 2.27 bits per heavy atom. The molecule has 0 saturated carbocycles. The molecule has 0 aromatic heterocycles. The van der Waals surface area contributed by atoms with E-state index in [2.05, 4.69) is 6.58 Å². The minimum atomic E-state index is -0.752. The lowest BCUT2D eigenvalue weighted by molar-refractivity contribution is -0.137. The molecular weight excluding hydrogens is 164 g/mol. The lowest BCUT2D eigenvalue weighted by atomic mass is 10.0. The monoisotopic (exact) mass is 176 g/mol. The molecule has 0 bridgehead atoms. The summed E-state index contributed by atoms with van der Waals surface area (Å²) in [6.45, 7) is 5.51. The smallest absolute Gasteiger partial charge is 0.303 e. The number of halogens is 1. The van der Waals surface area contributed by atoms with Gasteiger partial charge < -0.3 is 5.11 Å². The molecular formula is C8H13ClO2. The molecule has 2 nitrogen and oxygen atoms in total. The molecule has 1 N–H and O–H groups in total. The van der Waals surface area contributed by atoms with Crippen molar-refractivity contribution in [3.63, 3.8) is 0 Å². The van der Waals surface area contributed by atoms with Crippen molar-refractivity contribution in [1.82, 2.24) is 0 Å². The zero-order valence-electron chi connectivity index (χ0n) is 6.64. The number of aliphatic carboxylic acids is 1. The van der Waals surface area contributed by atoms with Gasteiger partial charge in [0.2, 0.25) is 0 Å². The Kier molecular flexibility index (Phi) is 4.95. The summed E-state index contributed by atoms with van der Waals surface area (Å²) in [6, 6.07) is 0. The predicted octanol–water partition coefficient (Wildman–Crippen LogP) is 2.63. The maximum absolute atomic E-state index is 10.1. The largest absolute Gasteiger partial charge is 0.481 e. The Labute approximate surface area is 71.9 Å². The molecule has 0 amide bonds. The fourth-order valence-electron chi connectivity index (χ4n) is 0.716. The number of carboxylic acid groups (broad SMARTS) is 1. The zero-order chi connectivity index (χ0) is 8.85. The molecule has 1 atom stereocenters. The summed E-state index contributed by atoms with van der Waals surface area (Å²) in [5.41, 5.74) is 0. The van der Waals surface area contributed by atoms with Crippen LogP contribution in [-0.4, -0.2) is 11.1 Å². The van der Waals surface area contributed by atoms with Crippen LogP contribution in [0.5, 0.6) is 0 Å². The summed E-state index contributed by atoms with van der Waals surface area (Å²) in [5.74, 6) is -0.534. The second kappa shape index (κ2) is 5.19. The Morgan fingerprint density at radius 3 is 2.64 bits per heavy atom. The molecule has 0 saturated heterocycles. The number of hydrogen-bond donors (Lipinski definition) is 1. The van der Waals surface area contributed by atoms with Crippen molar-refractivity contribution in [2.75, 3.05) is 0 Å². The van der Waals surface area contributed by atoms with Crippen LogP contribution >= 0.6 is 11.6 Å². The van der Waals surface area contributed by atoms with Crippen LogP contribution in [0.15, 0.2) is 11.6 Å². The maximum atomic E-state index is 10.1. The number of carboxylic acids is 1. The highest BCUT2D eigenvalue weighted by atomic mass is 35.5. The van der Waals surface area contributed by atoms with E-state index in [4.69, 9.17) is 16.7 Å². The van der Waals surface area contributed by atoms with E-state index in [1.54, 1.807) is 0 Å². The van der Waals surface area contributed by atoms with Crippen molar-refractivity contribution in [2.24, 2.45) is 5.92 Å².